The van der Waals surface area contributed by atoms with Crippen LogP contribution in [-0.4, -0.2) is 49.1 Å². The zero-order valence-corrected chi connectivity index (χ0v) is 12.3. The van der Waals surface area contributed by atoms with Gasteiger partial charge in [-0.2, -0.15) is 0 Å². The Balaban J connectivity index is 2.41. The highest BCUT2D eigenvalue weighted by atomic mass is 16.5. The number of esters is 1. The molecule has 5 heteroatoms. The fourth-order valence-corrected chi connectivity index (χ4v) is 2.39. The van der Waals surface area contributed by atoms with Crippen LogP contribution in [0.15, 0.2) is 0 Å². The summed E-state index contributed by atoms with van der Waals surface area (Å²) in [5.41, 5.74) is 0. The van der Waals surface area contributed by atoms with Gasteiger partial charge < -0.3 is 15.0 Å². The third-order valence-corrected chi connectivity index (χ3v) is 3.42. The predicted octanol–water partition coefficient (Wildman–Crippen LogP) is 1.32. The van der Waals surface area contributed by atoms with Crippen LogP contribution in [0.4, 0.5) is 0 Å². The van der Waals surface area contributed by atoms with Gasteiger partial charge in [0.15, 0.2) is 0 Å². The van der Waals surface area contributed by atoms with E-state index in [0.29, 0.717) is 19.0 Å². The predicted molar refractivity (Wildman–Crippen MR) is 73.7 cm³/mol. The van der Waals surface area contributed by atoms with Crippen LogP contribution in [0.3, 0.4) is 0 Å². The largest absolute Gasteiger partial charge is 0.467 e. The molecule has 0 saturated carbocycles. The molecule has 1 aliphatic heterocycles. The van der Waals surface area contributed by atoms with Gasteiger partial charge in [0.2, 0.25) is 5.91 Å². The minimum absolute atomic E-state index is 0.0701. The van der Waals surface area contributed by atoms with E-state index >= 15 is 0 Å². The van der Waals surface area contributed by atoms with Crippen molar-refractivity contribution in [1.82, 2.24) is 10.2 Å². The van der Waals surface area contributed by atoms with E-state index in [1.165, 1.54) is 7.11 Å². The standard InChI is InChI=1S/C14H26N2O3/c1-11(2)15-9-6-8-13(17)16-10-5-4-7-12(16)14(18)19-3/h11-12,15H,4-10H2,1-3H3. The van der Waals surface area contributed by atoms with Gasteiger partial charge in [-0.05, 0) is 32.2 Å². The number of piperidine rings is 1. The Morgan fingerprint density at radius 3 is 2.74 bits per heavy atom. The van der Waals surface area contributed by atoms with Crippen molar-refractivity contribution in [2.75, 3.05) is 20.2 Å². The molecule has 1 fully saturated rings. The number of nitrogens with one attached hydrogen (secondary N) is 1. The summed E-state index contributed by atoms with van der Waals surface area (Å²) in [6, 6.07) is 0.0669. The van der Waals surface area contributed by atoms with Gasteiger partial charge in [-0.1, -0.05) is 13.8 Å². The van der Waals surface area contributed by atoms with E-state index in [-0.39, 0.29) is 17.9 Å². The van der Waals surface area contributed by atoms with Crippen molar-refractivity contribution in [3.8, 4) is 0 Å². The van der Waals surface area contributed by atoms with Gasteiger partial charge >= 0.3 is 5.97 Å². The third-order valence-electron chi connectivity index (χ3n) is 3.42. The monoisotopic (exact) mass is 270 g/mol. The molecule has 1 atom stereocenters. The number of hydrogen-bond donors (Lipinski definition) is 1. The maximum Gasteiger partial charge on any atom is 0.328 e. The Labute approximate surface area is 115 Å². The highest BCUT2D eigenvalue weighted by Gasteiger charge is 2.32. The fraction of sp³-hybridized carbons (Fsp3) is 0.857. The molecular formula is C14H26N2O3. The zero-order valence-electron chi connectivity index (χ0n) is 12.3. The third kappa shape index (κ3) is 5.19. The highest BCUT2D eigenvalue weighted by Crippen LogP contribution is 2.19. The maximum atomic E-state index is 12.2. The molecule has 0 aromatic heterocycles. The molecule has 1 N–H and O–H groups in total. The van der Waals surface area contributed by atoms with E-state index in [2.05, 4.69) is 19.2 Å². The summed E-state index contributed by atoms with van der Waals surface area (Å²) < 4.78 is 4.78. The molecular weight excluding hydrogens is 244 g/mol. The molecule has 1 aliphatic rings. The van der Waals surface area contributed by atoms with Crippen molar-refractivity contribution in [1.29, 1.82) is 0 Å². The fourth-order valence-electron chi connectivity index (χ4n) is 2.39. The summed E-state index contributed by atoms with van der Waals surface area (Å²) >= 11 is 0. The smallest absolute Gasteiger partial charge is 0.328 e. The van der Waals surface area contributed by atoms with Crippen molar-refractivity contribution in [3.63, 3.8) is 0 Å². The lowest BCUT2D eigenvalue weighted by Gasteiger charge is -2.33. The summed E-state index contributed by atoms with van der Waals surface area (Å²) in [7, 11) is 1.38. The Morgan fingerprint density at radius 1 is 1.37 bits per heavy atom. The first-order valence-corrected chi connectivity index (χ1v) is 7.17. The number of rotatable bonds is 6. The zero-order chi connectivity index (χ0) is 14.3. The van der Waals surface area contributed by atoms with Gasteiger partial charge in [-0.15, -0.1) is 0 Å². The Kier molecular flexibility index (Phi) is 6.84. The maximum absolute atomic E-state index is 12.2. The topological polar surface area (TPSA) is 58.6 Å². The molecule has 0 aliphatic carbocycles. The van der Waals surface area contributed by atoms with Gasteiger partial charge in [0.25, 0.3) is 0 Å². The van der Waals surface area contributed by atoms with Crippen LogP contribution >= 0.6 is 0 Å². The van der Waals surface area contributed by atoms with Gasteiger partial charge in [-0.25, -0.2) is 4.79 Å². The van der Waals surface area contributed by atoms with Crippen molar-refractivity contribution in [3.05, 3.63) is 0 Å². The number of nitrogens with zero attached hydrogens (tertiary/aromatic N) is 1. The first-order valence-electron chi connectivity index (χ1n) is 7.17. The minimum Gasteiger partial charge on any atom is -0.467 e. The van der Waals surface area contributed by atoms with Crippen molar-refractivity contribution >= 4 is 11.9 Å². The van der Waals surface area contributed by atoms with Crippen molar-refractivity contribution in [2.24, 2.45) is 0 Å². The average molecular weight is 270 g/mol. The summed E-state index contributed by atoms with van der Waals surface area (Å²) in [6.45, 7) is 5.68. The quantitative estimate of drug-likeness (QED) is 0.584. The van der Waals surface area contributed by atoms with E-state index in [1.807, 2.05) is 0 Å². The SMILES string of the molecule is COC(=O)C1CCCCN1C(=O)CCCNC(C)C. The molecule has 0 aromatic rings. The highest BCUT2D eigenvalue weighted by molar-refractivity contribution is 5.84. The van der Waals surface area contributed by atoms with E-state index in [1.54, 1.807) is 4.90 Å². The first kappa shape index (κ1) is 16.0. The molecule has 5 nitrogen and oxygen atoms in total. The summed E-state index contributed by atoms with van der Waals surface area (Å²) in [5.74, 6) is -0.214. The van der Waals surface area contributed by atoms with Gasteiger partial charge in [0.05, 0.1) is 7.11 Å². The second-order valence-corrected chi connectivity index (χ2v) is 5.33. The van der Waals surface area contributed by atoms with Crippen molar-refractivity contribution in [2.45, 2.75) is 58.0 Å². The number of methoxy groups -OCH3 is 1. The minimum atomic E-state index is -0.371. The number of carbonyl (C=O) groups excluding carboxylic acids is 2. The molecule has 0 spiro atoms. The average Bonchev–Trinajstić information content (AvgIpc) is 2.42. The number of hydrogen-bond acceptors (Lipinski definition) is 4. The number of carbonyl (C=O) groups is 2. The first-order chi connectivity index (χ1) is 9.06. The lowest BCUT2D eigenvalue weighted by Crippen LogP contribution is -2.48. The van der Waals surface area contributed by atoms with E-state index in [0.717, 1.165) is 32.2 Å². The van der Waals surface area contributed by atoms with Gasteiger partial charge in [0, 0.05) is 19.0 Å². The van der Waals surface area contributed by atoms with Crippen LogP contribution in [0, 0.1) is 0 Å². The molecule has 0 aromatic carbocycles. The molecule has 1 heterocycles. The van der Waals surface area contributed by atoms with Crippen LogP contribution in [0.2, 0.25) is 0 Å². The number of likely N-dealkylation sites (tertiary alicyclic amines) is 1. The molecule has 1 unspecified atom stereocenters. The summed E-state index contributed by atoms with van der Waals surface area (Å²) in [4.78, 5) is 25.5. The lowest BCUT2D eigenvalue weighted by atomic mass is 10.0. The van der Waals surface area contributed by atoms with Gasteiger partial charge in [-0.3, -0.25) is 4.79 Å². The molecule has 0 bridgehead atoms. The molecule has 1 rings (SSSR count). The second kappa shape index (κ2) is 8.15. The Hall–Kier alpha value is -1.10. The molecule has 1 saturated heterocycles. The normalized spacial score (nSPS) is 19.6. The van der Waals surface area contributed by atoms with Crippen molar-refractivity contribution < 1.29 is 14.3 Å². The second-order valence-electron chi connectivity index (χ2n) is 5.33. The summed E-state index contributed by atoms with van der Waals surface area (Å²) in [6.07, 6.45) is 3.99. The molecule has 19 heavy (non-hydrogen) atoms. The van der Waals surface area contributed by atoms with Crippen LogP contribution in [0.1, 0.15) is 46.0 Å². The van der Waals surface area contributed by atoms with Gasteiger partial charge in [0.1, 0.15) is 6.04 Å². The van der Waals surface area contributed by atoms with E-state index in [4.69, 9.17) is 4.74 Å². The lowest BCUT2D eigenvalue weighted by molar-refractivity contribution is -0.154. The van der Waals surface area contributed by atoms with Crippen LogP contribution in [-0.2, 0) is 14.3 Å². The van der Waals surface area contributed by atoms with E-state index < -0.39 is 0 Å². The molecule has 0 radical (unpaired) electrons. The van der Waals surface area contributed by atoms with Crippen LogP contribution < -0.4 is 5.32 Å². The Bertz CT molecular complexity index is 305. The molecule has 110 valence electrons. The number of amides is 1. The summed E-state index contributed by atoms with van der Waals surface area (Å²) in [5, 5.41) is 3.29. The van der Waals surface area contributed by atoms with Crippen LogP contribution in [0.25, 0.3) is 0 Å². The number of ether oxygens (including phenoxy) is 1. The Morgan fingerprint density at radius 2 is 2.11 bits per heavy atom. The molecule has 1 amide bonds. The van der Waals surface area contributed by atoms with E-state index in [9.17, 15) is 9.59 Å². The van der Waals surface area contributed by atoms with Crippen LogP contribution in [0.5, 0.6) is 0 Å².